The summed E-state index contributed by atoms with van der Waals surface area (Å²) in [6, 6.07) is 7.86. The number of rotatable bonds is 6. The monoisotopic (exact) mass is 347 g/mol. The van der Waals surface area contributed by atoms with Crippen LogP contribution in [-0.4, -0.2) is 47.7 Å². The van der Waals surface area contributed by atoms with E-state index in [-0.39, 0.29) is 23.2 Å². The lowest BCUT2D eigenvalue weighted by Gasteiger charge is -2.32. The van der Waals surface area contributed by atoms with Crippen molar-refractivity contribution in [2.24, 2.45) is 0 Å². The summed E-state index contributed by atoms with van der Waals surface area (Å²) in [5, 5.41) is 0. The molecule has 0 amide bonds. The third-order valence-electron chi connectivity index (χ3n) is 4.06. The van der Waals surface area contributed by atoms with Crippen molar-refractivity contribution in [1.29, 1.82) is 0 Å². The second kappa shape index (κ2) is 8.22. The maximum atomic E-state index is 13.5. The van der Waals surface area contributed by atoms with E-state index in [0.717, 1.165) is 19.5 Å². The lowest BCUT2D eigenvalue weighted by molar-refractivity contribution is -0.0355. The van der Waals surface area contributed by atoms with Crippen molar-refractivity contribution in [3.63, 3.8) is 0 Å². The predicted octanol–water partition coefficient (Wildman–Crippen LogP) is 2.06. The van der Waals surface area contributed by atoms with E-state index in [2.05, 4.69) is 14.9 Å². The molecule has 1 fully saturated rings. The van der Waals surface area contributed by atoms with E-state index < -0.39 is 0 Å². The highest BCUT2D eigenvalue weighted by atomic mass is 19.1. The van der Waals surface area contributed by atoms with Crippen molar-refractivity contribution < 1.29 is 13.9 Å². The molecule has 0 unspecified atom stereocenters. The number of hydrogen-bond donors (Lipinski definition) is 1. The van der Waals surface area contributed by atoms with Crippen LogP contribution in [0.15, 0.2) is 35.1 Å². The van der Waals surface area contributed by atoms with Crippen molar-refractivity contribution in [3.05, 3.63) is 58.0 Å². The third kappa shape index (κ3) is 4.87. The smallest absolute Gasteiger partial charge is 0.251 e. The van der Waals surface area contributed by atoms with E-state index in [4.69, 9.17) is 9.47 Å². The predicted molar refractivity (Wildman–Crippen MR) is 91.2 cm³/mol. The Morgan fingerprint density at radius 1 is 1.44 bits per heavy atom. The summed E-state index contributed by atoms with van der Waals surface area (Å²) in [5.41, 5.74) is 0.513. The molecule has 1 aliphatic rings. The highest BCUT2D eigenvalue weighted by Crippen LogP contribution is 2.19. The average molecular weight is 347 g/mol. The number of aryl methyl sites for hydroxylation is 1. The third-order valence-corrected chi connectivity index (χ3v) is 4.06. The fourth-order valence-corrected chi connectivity index (χ4v) is 2.86. The molecule has 0 bridgehead atoms. The second-order valence-electron chi connectivity index (χ2n) is 6.06. The molecule has 2 aromatic rings. The SMILES string of the molecule is Cc1cc(=O)[nH]c([C@@H]2CN(CCCOc3ccccc3F)CCO2)n1. The van der Waals surface area contributed by atoms with Crippen LogP contribution in [-0.2, 0) is 4.74 Å². The van der Waals surface area contributed by atoms with Crippen LogP contribution in [0.5, 0.6) is 5.75 Å². The van der Waals surface area contributed by atoms with Gasteiger partial charge in [0.2, 0.25) is 0 Å². The molecule has 0 radical (unpaired) electrons. The average Bonchev–Trinajstić information content (AvgIpc) is 2.59. The molecular formula is C18H22FN3O3. The number of ether oxygens (including phenoxy) is 2. The summed E-state index contributed by atoms with van der Waals surface area (Å²) >= 11 is 0. The minimum atomic E-state index is -0.344. The summed E-state index contributed by atoms with van der Waals surface area (Å²) in [7, 11) is 0. The van der Waals surface area contributed by atoms with Crippen LogP contribution < -0.4 is 10.3 Å². The number of hydrogen-bond acceptors (Lipinski definition) is 5. The maximum absolute atomic E-state index is 13.5. The first-order chi connectivity index (χ1) is 12.1. The quantitative estimate of drug-likeness (QED) is 0.810. The van der Waals surface area contributed by atoms with Crippen LogP contribution in [0.25, 0.3) is 0 Å². The Morgan fingerprint density at radius 2 is 2.28 bits per heavy atom. The maximum Gasteiger partial charge on any atom is 0.251 e. The minimum absolute atomic E-state index is 0.165. The molecular weight excluding hydrogens is 325 g/mol. The van der Waals surface area contributed by atoms with Gasteiger partial charge in [-0.3, -0.25) is 9.69 Å². The molecule has 1 aromatic heterocycles. The zero-order valence-electron chi connectivity index (χ0n) is 14.2. The summed E-state index contributed by atoms with van der Waals surface area (Å²) in [4.78, 5) is 20.9. The number of para-hydroxylation sites is 1. The van der Waals surface area contributed by atoms with E-state index in [1.807, 2.05) is 0 Å². The number of aromatic nitrogens is 2. The minimum Gasteiger partial charge on any atom is -0.490 e. The molecule has 2 heterocycles. The Bertz CT molecular complexity index is 765. The second-order valence-corrected chi connectivity index (χ2v) is 6.06. The molecule has 0 saturated carbocycles. The Hall–Kier alpha value is -2.25. The van der Waals surface area contributed by atoms with Gasteiger partial charge in [0.1, 0.15) is 11.9 Å². The van der Waals surface area contributed by atoms with Gasteiger partial charge in [0.15, 0.2) is 11.6 Å². The van der Waals surface area contributed by atoms with E-state index in [9.17, 15) is 9.18 Å². The first-order valence-electron chi connectivity index (χ1n) is 8.41. The summed E-state index contributed by atoms with van der Waals surface area (Å²) in [6.45, 7) is 5.10. The number of nitrogens with zero attached hydrogens (tertiary/aromatic N) is 2. The van der Waals surface area contributed by atoms with Gasteiger partial charge >= 0.3 is 0 Å². The van der Waals surface area contributed by atoms with Gasteiger partial charge in [-0.05, 0) is 25.5 Å². The number of morpholine rings is 1. The van der Waals surface area contributed by atoms with Crippen molar-refractivity contribution in [1.82, 2.24) is 14.9 Å². The van der Waals surface area contributed by atoms with Crippen molar-refractivity contribution in [2.45, 2.75) is 19.4 Å². The van der Waals surface area contributed by atoms with E-state index in [1.165, 1.54) is 12.1 Å². The van der Waals surface area contributed by atoms with Crippen LogP contribution in [0.2, 0.25) is 0 Å². The van der Waals surface area contributed by atoms with E-state index in [0.29, 0.717) is 31.3 Å². The molecule has 7 heteroatoms. The first-order valence-corrected chi connectivity index (χ1v) is 8.41. The van der Waals surface area contributed by atoms with Gasteiger partial charge in [-0.1, -0.05) is 12.1 Å². The molecule has 25 heavy (non-hydrogen) atoms. The Labute approximate surface area is 145 Å². The molecule has 1 aromatic carbocycles. The summed E-state index contributed by atoms with van der Waals surface area (Å²) in [5.74, 6) is 0.504. The summed E-state index contributed by atoms with van der Waals surface area (Å²) < 4.78 is 24.7. The van der Waals surface area contributed by atoms with Gasteiger partial charge in [-0.25, -0.2) is 9.37 Å². The zero-order chi connectivity index (χ0) is 17.6. The molecule has 1 atom stereocenters. The number of nitrogens with one attached hydrogen (secondary N) is 1. The van der Waals surface area contributed by atoms with Crippen LogP contribution in [0.4, 0.5) is 4.39 Å². The van der Waals surface area contributed by atoms with Gasteiger partial charge in [0.05, 0.1) is 13.2 Å². The van der Waals surface area contributed by atoms with Gasteiger partial charge in [-0.2, -0.15) is 0 Å². The Balaban J connectivity index is 1.48. The van der Waals surface area contributed by atoms with Crippen LogP contribution in [0.1, 0.15) is 24.0 Å². The number of H-pyrrole nitrogens is 1. The van der Waals surface area contributed by atoms with Gasteiger partial charge in [0.25, 0.3) is 5.56 Å². The van der Waals surface area contributed by atoms with E-state index in [1.54, 1.807) is 25.1 Å². The van der Waals surface area contributed by atoms with Gasteiger partial charge in [0, 0.05) is 31.4 Å². The largest absolute Gasteiger partial charge is 0.490 e. The van der Waals surface area contributed by atoms with E-state index >= 15 is 0 Å². The Morgan fingerprint density at radius 3 is 3.08 bits per heavy atom. The van der Waals surface area contributed by atoms with Crippen molar-refractivity contribution in [2.75, 3.05) is 32.8 Å². The van der Waals surface area contributed by atoms with Crippen molar-refractivity contribution >= 4 is 0 Å². The van der Waals surface area contributed by atoms with Gasteiger partial charge in [-0.15, -0.1) is 0 Å². The normalized spacial score (nSPS) is 18.2. The number of halogens is 1. The molecule has 1 saturated heterocycles. The summed E-state index contributed by atoms with van der Waals surface area (Å²) in [6.07, 6.45) is 0.535. The Kier molecular flexibility index (Phi) is 5.78. The fraction of sp³-hybridized carbons (Fsp3) is 0.444. The number of aromatic amines is 1. The molecule has 1 N–H and O–H groups in total. The van der Waals surface area contributed by atoms with Gasteiger partial charge < -0.3 is 14.5 Å². The highest BCUT2D eigenvalue weighted by Gasteiger charge is 2.23. The lowest BCUT2D eigenvalue weighted by atomic mass is 10.2. The molecule has 0 spiro atoms. The molecule has 6 nitrogen and oxygen atoms in total. The molecule has 134 valence electrons. The van der Waals surface area contributed by atoms with Crippen LogP contribution >= 0.6 is 0 Å². The molecule has 3 rings (SSSR count). The first kappa shape index (κ1) is 17.6. The molecule has 0 aliphatic carbocycles. The fourth-order valence-electron chi connectivity index (χ4n) is 2.86. The van der Waals surface area contributed by atoms with Crippen molar-refractivity contribution in [3.8, 4) is 5.75 Å². The number of benzene rings is 1. The molecule has 1 aliphatic heterocycles. The zero-order valence-corrected chi connectivity index (χ0v) is 14.2. The van der Waals surface area contributed by atoms with Crippen LogP contribution in [0.3, 0.4) is 0 Å². The van der Waals surface area contributed by atoms with Crippen LogP contribution in [0, 0.1) is 12.7 Å². The lowest BCUT2D eigenvalue weighted by Crippen LogP contribution is -2.40. The standard InChI is InChI=1S/C18H22FN3O3/c1-13-11-17(23)21-18(20-13)16-12-22(8-10-25-16)7-4-9-24-15-6-3-2-5-14(15)19/h2-3,5-6,11,16H,4,7-10,12H2,1H3,(H,20,21,23)/t16-/m0/s1. The highest BCUT2D eigenvalue weighted by molar-refractivity contribution is 5.23. The topological polar surface area (TPSA) is 67.5 Å².